The molecule has 170 valence electrons. The van der Waals surface area contributed by atoms with E-state index in [0.29, 0.717) is 6.42 Å². The summed E-state index contributed by atoms with van der Waals surface area (Å²) in [6, 6.07) is -3.57. The molecule has 7 N–H and O–H groups in total. The quantitative estimate of drug-likeness (QED) is 0.222. The van der Waals surface area contributed by atoms with Gasteiger partial charge in [0.05, 0.1) is 6.04 Å². The molecule has 4 amide bonds. The first-order valence-electron chi connectivity index (χ1n) is 10.2. The van der Waals surface area contributed by atoms with Crippen molar-refractivity contribution in [3.8, 4) is 0 Å². The van der Waals surface area contributed by atoms with Crippen LogP contribution in [0, 0.1) is 5.92 Å². The lowest BCUT2D eigenvalue weighted by Gasteiger charge is -2.24. The van der Waals surface area contributed by atoms with Crippen LogP contribution in [-0.2, 0) is 24.0 Å². The molecule has 1 aliphatic heterocycles. The van der Waals surface area contributed by atoms with Gasteiger partial charge in [-0.2, -0.15) is 0 Å². The average molecular weight is 428 g/mol. The van der Waals surface area contributed by atoms with Crippen LogP contribution < -0.4 is 27.0 Å². The van der Waals surface area contributed by atoms with Crippen LogP contribution in [0.5, 0.6) is 0 Å². The Kier molecular flexibility index (Phi) is 10.2. The van der Waals surface area contributed by atoms with Crippen molar-refractivity contribution in [3.63, 3.8) is 0 Å². The Morgan fingerprint density at radius 3 is 2.17 bits per heavy atom. The van der Waals surface area contributed by atoms with Gasteiger partial charge in [-0.25, -0.2) is 4.79 Å². The summed E-state index contributed by atoms with van der Waals surface area (Å²) in [6.45, 7) is 5.84. The van der Waals surface area contributed by atoms with E-state index in [1.807, 2.05) is 13.8 Å². The zero-order valence-electron chi connectivity index (χ0n) is 17.7. The van der Waals surface area contributed by atoms with Crippen LogP contribution in [0.1, 0.15) is 52.9 Å². The molecular weight excluding hydrogens is 394 g/mol. The Morgan fingerprint density at radius 2 is 1.67 bits per heavy atom. The number of amides is 4. The number of hydrogen-bond acceptors (Lipinski definition) is 6. The van der Waals surface area contributed by atoms with Crippen LogP contribution in [0.2, 0.25) is 0 Å². The molecule has 0 saturated carbocycles. The lowest BCUT2D eigenvalue weighted by atomic mass is 10.0. The Bertz CT molecular complexity index is 647. The Hall–Kier alpha value is -2.69. The van der Waals surface area contributed by atoms with Crippen LogP contribution in [0.3, 0.4) is 0 Å². The number of aliphatic carboxylic acids is 1. The second-order valence-electron chi connectivity index (χ2n) is 7.97. The van der Waals surface area contributed by atoms with E-state index in [4.69, 9.17) is 5.73 Å². The van der Waals surface area contributed by atoms with E-state index in [2.05, 4.69) is 21.3 Å². The number of carbonyl (C=O) groups is 5. The van der Waals surface area contributed by atoms with Gasteiger partial charge in [-0.3, -0.25) is 19.2 Å². The standard InChI is InChI=1S/C19H33N5O6/c1-10(2)9-14(19(29)30)24-18(28)13(6-7-15(20)25)23-16(26)11(3)22-17(27)12-5-4-8-21-12/h10-14,21H,4-9H2,1-3H3,(H2,20,25)(H,22,27)(H,23,26)(H,24,28)(H,29,30). The summed E-state index contributed by atoms with van der Waals surface area (Å²) in [5.74, 6) is -3.50. The Labute approximate surface area is 175 Å². The minimum absolute atomic E-state index is 0.0180. The summed E-state index contributed by atoms with van der Waals surface area (Å²) in [7, 11) is 0. The number of carboxylic acids is 1. The van der Waals surface area contributed by atoms with Crippen molar-refractivity contribution in [3.05, 3.63) is 0 Å². The molecular formula is C19H33N5O6. The fourth-order valence-electron chi connectivity index (χ4n) is 3.11. The van der Waals surface area contributed by atoms with Crippen molar-refractivity contribution >= 4 is 29.6 Å². The molecule has 0 aromatic heterocycles. The predicted molar refractivity (Wildman–Crippen MR) is 108 cm³/mol. The van der Waals surface area contributed by atoms with Crippen LogP contribution in [0.15, 0.2) is 0 Å². The minimum atomic E-state index is -1.19. The second-order valence-corrected chi connectivity index (χ2v) is 7.97. The molecule has 0 spiro atoms. The normalized spacial score (nSPS) is 18.9. The maximum absolute atomic E-state index is 12.6. The maximum atomic E-state index is 12.6. The first kappa shape index (κ1) is 25.3. The third-order valence-electron chi connectivity index (χ3n) is 4.76. The van der Waals surface area contributed by atoms with Crippen molar-refractivity contribution < 1.29 is 29.1 Å². The molecule has 1 rings (SSSR count). The number of carbonyl (C=O) groups excluding carboxylic acids is 4. The highest BCUT2D eigenvalue weighted by molar-refractivity contribution is 5.94. The molecule has 0 aromatic rings. The third-order valence-corrected chi connectivity index (χ3v) is 4.76. The van der Waals surface area contributed by atoms with Gasteiger partial charge in [0, 0.05) is 6.42 Å². The largest absolute Gasteiger partial charge is 0.480 e. The highest BCUT2D eigenvalue weighted by Crippen LogP contribution is 2.08. The van der Waals surface area contributed by atoms with E-state index >= 15 is 0 Å². The van der Waals surface area contributed by atoms with Crippen molar-refractivity contribution in [1.29, 1.82) is 0 Å². The smallest absolute Gasteiger partial charge is 0.326 e. The maximum Gasteiger partial charge on any atom is 0.326 e. The third kappa shape index (κ3) is 8.76. The van der Waals surface area contributed by atoms with Crippen LogP contribution in [0.4, 0.5) is 0 Å². The summed E-state index contributed by atoms with van der Waals surface area (Å²) in [5, 5.41) is 19.8. The van der Waals surface area contributed by atoms with Crippen LogP contribution in [0.25, 0.3) is 0 Å². The number of primary amides is 1. The Morgan fingerprint density at radius 1 is 1.03 bits per heavy atom. The van der Waals surface area contributed by atoms with E-state index in [-0.39, 0.29) is 37.1 Å². The summed E-state index contributed by atoms with van der Waals surface area (Å²) in [4.78, 5) is 59.8. The lowest BCUT2D eigenvalue weighted by Crippen LogP contribution is -2.56. The first-order chi connectivity index (χ1) is 14.0. The van der Waals surface area contributed by atoms with Gasteiger partial charge < -0.3 is 32.1 Å². The summed E-state index contributed by atoms with van der Waals surface area (Å²) in [6.07, 6.45) is 1.49. The molecule has 1 fully saturated rings. The molecule has 0 aromatic carbocycles. The van der Waals surface area contributed by atoms with Gasteiger partial charge in [-0.1, -0.05) is 13.8 Å². The molecule has 4 unspecified atom stereocenters. The van der Waals surface area contributed by atoms with Gasteiger partial charge in [0.15, 0.2) is 0 Å². The van der Waals surface area contributed by atoms with E-state index in [1.54, 1.807) is 0 Å². The van der Waals surface area contributed by atoms with Gasteiger partial charge in [0.2, 0.25) is 23.6 Å². The highest BCUT2D eigenvalue weighted by Gasteiger charge is 2.30. The van der Waals surface area contributed by atoms with Crippen LogP contribution >= 0.6 is 0 Å². The van der Waals surface area contributed by atoms with E-state index in [9.17, 15) is 29.1 Å². The molecule has 30 heavy (non-hydrogen) atoms. The molecule has 11 nitrogen and oxygen atoms in total. The first-order valence-corrected chi connectivity index (χ1v) is 10.2. The van der Waals surface area contributed by atoms with Crippen molar-refractivity contribution in [2.24, 2.45) is 11.7 Å². The zero-order valence-corrected chi connectivity index (χ0v) is 17.7. The highest BCUT2D eigenvalue weighted by atomic mass is 16.4. The molecule has 0 bridgehead atoms. The summed E-state index contributed by atoms with van der Waals surface area (Å²) < 4.78 is 0. The molecule has 1 saturated heterocycles. The SMILES string of the molecule is CC(C)CC(NC(=O)C(CCC(N)=O)NC(=O)C(C)NC(=O)C1CCCN1)C(=O)O. The molecule has 0 aliphatic carbocycles. The molecule has 4 atom stereocenters. The lowest BCUT2D eigenvalue weighted by molar-refractivity contribution is -0.143. The van der Waals surface area contributed by atoms with Gasteiger partial charge >= 0.3 is 5.97 Å². The number of carboxylic acid groups (broad SMARTS) is 1. The minimum Gasteiger partial charge on any atom is -0.480 e. The van der Waals surface area contributed by atoms with Crippen LogP contribution in [-0.4, -0.2) is 65.4 Å². The second kappa shape index (κ2) is 12.1. The summed E-state index contributed by atoms with van der Waals surface area (Å²) in [5.41, 5.74) is 5.14. The molecule has 11 heteroatoms. The van der Waals surface area contributed by atoms with Gasteiger partial charge in [0.1, 0.15) is 18.1 Å². The number of nitrogens with one attached hydrogen (secondary N) is 4. The van der Waals surface area contributed by atoms with E-state index < -0.39 is 41.8 Å². The topological polar surface area (TPSA) is 180 Å². The monoisotopic (exact) mass is 427 g/mol. The van der Waals surface area contributed by atoms with Crippen molar-refractivity contribution in [2.75, 3.05) is 6.54 Å². The predicted octanol–water partition coefficient (Wildman–Crippen LogP) is -1.39. The van der Waals surface area contributed by atoms with Crippen molar-refractivity contribution in [1.82, 2.24) is 21.3 Å². The molecule has 1 heterocycles. The van der Waals surface area contributed by atoms with Gasteiger partial charge in [-0.05, 0) is 45.1 Å². The van der Waals surface area contributed by atoms with Gasteiger partial charge in [-0.15, -0.1) is 0 Å². The molecule has 1 aliphatic rings. The van der Waals surface area contributed by atoms with Gasteiger partial charge in [0.25, 0.3) is 0 Å². The fourth-order valence-corrected chi connectivity index (χ4v) is 3.11. The number of rotatable bonds is 12. The van der Waals surface area contributed by atoms with E-state index in [1.165, 1.54) is 6.92 Å². The van der Waals surface area contributed by atoms with E-state index in [0.717, 1.165) is 13.0 Å². The summed E-state index contributed by atoms with van der Waals surface area (Å²) >= 11 is 0. The molecule has 0 radical (unpaired) electrons. The Balaban J connectivity index is 2.75. The fraction of sp³-hybridized carbons (Fsp3) is 0.737. The number of nitrogens with two attached hydrogens (primary N) is 1. The number of hydrogen-bond donors (Lipinski definition) is 6. The zero-order chi connectivity index (χ0) is 22.8. The van der Waals surface area contributed by atoms with Crippen molar-refractivity contribution in [2.45, 2.75) is 77.0 Å². The average Bonchev–Trinajstić information content (AvgIpc) is 3.18.